The second-order valence-corrected chi connectivity index (χ2v) is 4.91. The van der Waals surface area contributed by atoms with Gasteiger partial charge in [0, 0.05) is 18.8 Å². The summed E-state index contributed by atoms with van der Waals surface area (Å²) in [5, 5.41) is 0. The summed E-state index contributed by atoms with van der Waals surface area (Å²) in [6.45, 7) is 5.19. The lowest BCUT2D eigenvalue weighted by molar-refractivity contribution is 0.0742. The third-order valence-electron chi connectivity index (χ3n) is 3.11. The predicted octanol–water partition coefficient (Wildman–Crippen LogP) is 3.22. The highest BCUT2D eigenvalue weighted by atomic mass is 16.3. The van der Waals surface area contributed by atoms with E-state index >= 15 is 0 Å². The van der Waals surface area contributed by atoms with E-state index in [2.05, 4.69) is 6.92 Å². The molecule has 0 spiro atoms. The summed E-state index contributed by atoms with van der Waals surface area (Å²) in [6.07, 6.45) is 2.43. The first-order valence-corrected chi connectivity index (χ1v) is 6.79. The highest BCUT2D eigenvalue weighted by Crippen LogP contribution is 2.14. The zero-order valence-corrected chi connectivity index (χ0v) is 11.9. The van der Waals surface area contributed by atoms with E-state index in [0.29, 0.717) is 18.7 Å². The maximum Gasteiger partial charge on any atom is 0.257 e. The van der Waals surface area contributed by atoms with E-state index in [-0.39, 0.29) is 5.91 Å². The summed E-state index contributed by atoms with van der Waals surface area (Å²) in [4.78, 5) is 14.3. The molecule has 0 aliphatic heterocycles. The smallest absolute Gasteiger partial charge is 0.257 e. The van der Waals surface area contributed by atoms with Crippen molar-refractivity contribution in [1.29, 1.82) is 0 Å². The fourth-order valence-corrected chi connectivity index (χ4v) is 2.10. The van der Waals surface area contributed by atoms with Crippen molar-refractivity contribution >= 4 is 11.6 Å². The van der Waals surface area contributed by atoms with Gasteiger partial charge in [-0.2, -0.15) is 0 Å². The number of amides is 1. The minimum atomic E-state index is 0.000486. The van der Waals surface area contributed by atoms with E-state index in [1.807, 2.05) is 36.1 Å². The second kappa shape index (κ2) is 6.28. The van der Waals surface area contributed by atoms with Crippen LogP contribution in [0.25, 0.3) is 0 Å². The third-order valence-corrected chi connectivity index (χ3v) is 3.11. The van der Waals surface area contributed by atoms with E-state index in [9.17, 15) is 4.79 Å². The number of aryl methyl sites for hydroxylation is 1. The average Bonchev–Trinajstić information content (AvgIpc) is 2.86. The summed E-state index contributed by atoms with van der Waals surface area (Å²) in [7, 11) is 0. The van der Waals surface area contributed by atoms with Gasteiger partial charge in [-0.1, -0.05) is 19.1 Å². The first-order chi connectivity index (χ1) is 9.60. The molecule has 0 aliphatic carbocycles. The number of anilines is 1. The molecular formula is C16H20N2O2. The number of nitrogen functional groups attached to an aromatic ring is 1. The maximum absolute atomic E-state index is 12.5. The number of nitrogens with two attached hydrogens (primary N) is 1. The van der Waals surface area contributed by atoms with Crippen molar-refractivity contribution in [2.45, 2.75) is 26.8 Å². The van der Waals surface area contributed by atoms with Crippen molar-refractivity contribution in [3.8, 4) is 0 Å². The van der Waals surface area contributed by atoms with Gasteiger partial charge in [-0.15, -0.1) is 0 Å². The Balaban J connectivity index is 2.14. The molecule has 0 radical (unpaired) electrons. The van der Waals surface area contributed by atoms with Gasteiger partial charge in [-0.05, 0) is 37.1 Å². The average molecular weight is 272 g/mol. The fourth-order valence-electron chi connectivity index (χ4n) is 2.10. The third kappa shape index (κ3) is 3.41. The summed E-state index contributed by atoms with van der Waals surface area (Å²) in [5.41, 5.74) is 8.08. The molecule has 0 saturated heterocycles. The Bertz CT molecular complexity index is 572. The number of carbonyl (C=O) groups is 1. The molecule has 0 bridgehead atoms. The molecule has 0 saturated carbocycles. The molecule has 0 atom stereocenters. The topological polar surface area (TPSA) is 59.5 Å². The number of nitrogens with zero attached hydrogens (tertiary/aromatic N) is 1. The van der Waals surface area contributed by atoms with E-state index in [1.165, 1.54) is 6.26 Å². The molecule has 1 aromatic carbocycles. The quantitative estimate of drug-likeness (QED) is 0.850. The lowest BCUT2D eigenvalue weighted by atomic mass is 10.1. The lowest BCUT2D eigenvalue weighted by Crippen LogP contribution is -2.31. The van der Waals surface area contributed by atoms with Gasteiger partial charge < -0.3 is 15.1 Å². The van der Waals surface area contributed by atoms with Crippen LogP contribution in [0.4, 0.5) is 5.69 Å². The number of rotatable bonds is 5. The maximum atomic E-state index is 12.5. The molecule has 2 aromatic rings. The number of hydrogen-bond donors (Lipinski definition) is 1. The number of benzene rings is 1. The van der Waals surface area contributed by atoms with Crippen molar-refractivity contribution in [1.82, 2.24) is 4.90 Å². The Kier molecular flexibility index (Phi) is 4.45. The summed E-state index contributed by atoms with van der Waals surface area (Å²) < 4.78 is 5.22. The Morgan fingerprint density at radius 2 is 2.00 bits per heavy atom. The Morgan fingerprint density at radius 3 is 2.55 bits per heavy atom. The molecule has 1 heterocycles. The van der Waals surface area contributed by atoms with Crippen LogP contribution in [-0.4, -0.2) is 17.4 Å². The number of carbonyl (C=O) groups excluding carboxylic acids is 1. The van der Waals surface area contributed by atoms with Crippen molar-refractivity contribution in [2.24, 2.45) is 0 Å². The van der Waals surface area contributed by atoms with Gasteiger partial charge in [-0.25, -0.2) is 0 Å². The van der Waals surface area contributed by atoms with Gasteiger partial charge in [0.05, 0.1) is 5.56 Å². The Labute approximate surface area is 119 Å². The summed E-state index contributed by atoms with van der Waals surface area (Å²) in [6, 6.07) is 9.38. The van der Waals surface area contributed by atoms with Gasteiger partial charge in [-0.3, -0.25) is 4.79 Å². The molecule has 20 heavy (non-hydrogen) atoms. The molecule has 4 heteroatoms. The molecule has 106 valence electrons. The van der Waals surface area contributed by atoms with Gasteiger partial charge >= 0.3 is 0 Å². The molecule has 0 aliphatic rings. The first kappa shape index (κ1) is 14.2. The molecule has 0 fully saturated rings. The van der Waals surface area contributed by atoms with Crippen LogP contribution in [0.15, 0.2) is 41.0 Å². The number of furan rings is 1. The van der Waals surface area contributed by atoms with Crippen LogP contribution in [0.3, 0.4) is 0 Å². The van der Waals surface area contributed by atoms with Crippen LogP contribution in [0.1, 0.15) is 35.0 Å². The van der Waals surface area contributed by atoms with Gasteiger partial charge in [0.2, 0.25) is 0 Å². The molecule has 2 rings (SSSR count). The Morgan fingerprint density at radius 1 is 1.30 bits per heavy atom. The number of hydrogen-bond acceptors (Lipinski definition) is 3. The van der Waals surface area contributed by atoms with Crippen LogP contribution in [0, 0.1) is 6.92 Å². The van der Waals surface area contributed by atoms with Crippen molar-refractivity contribution in [3.63, 3.8) is 0 Å². The van der Waals surface area contributed by atoms with Crippen molar-refractivity contribution in [2.75, 3.05) is 12.3 Å². The van der Waals surface area contributed by atoms with Crippen LogP contribution in [0.2, 0.25) is 0 Å². The predicted molar refractivity (Wildman–Crippen MR) is 79.3 cm³/mol. The van der Waals surface area contributed by atoms with Crippen LogP contribution >= 0.6 is 0 Å². The van der Waals surface area contributed by atoms with E-state index in [4.69, 9.17) is 10.2 Å². The second-order valence-electron chi connectivity index (χ2n) is 4.91. The molecule has 2 N–H and O–H groups in total. The standard InChI is InChI=1S/C16H20N2O2/c1-3-8-18(10-13-4-6-15(17)7-5-13)16(19)14-9-12(2)20-11-14/h4-7,9,11H,3,8,10,17H2,1-2H3. The largest absolute Gasteiger partial charge is 0.469 e. The Hall–Kier alpha value is -2.23. The van der Waals surface area contributed by atoms with Crippen molar-refractivity contribution < 1.29 is 9.21 Å². The van der Waals surface area contributed by atoms with Gasteiger partial charge in [0.15, 0.2) is 0 Å². The molecule has 0 unspecified atom stereocenters. The molecule has 4 nitrogen and oxygen atoms in total. The highest BCUT2D eigenvalue weighted by Gasteiger charge is 2.17. The van der Waals surface area contributed by atoms with Gasteiger partial charge in [0.1, 0.15) is 12.0 Å². The summed E-state index contributed by atoms with van der Waals surface area (Å²) in [5.74, 6) is 0.748. The van der Waals surface area contributed by atoms with Crippen LogP contribution in [0.5, 0.6) is 0 Å². The SMILES string of the molecule is CCCN(Cc1ccc(N)cc1)C(=O)c1coc(C)c1. The fraction of sp³-hybridized carbons (Fsp3) is 0.312. The van der Waals surface area contributed by atoms with Crippen LogP contribution < -0.4 is 5.73 Å². The summed E-state index contributed by atoms with van der Waals surface area (Å²) >= 11 is 0. The highest BCUT2D eigenvalue weighted by molar-refractivity contribution is 5.94. The van der Waals surface area contributed by atoms with Gasteiger partial charge in [0.25, 0.3) is 5.91 Å². The minimum absolute atomic E-state index is 0.000486. The zero-order chi connectivity index (χ0) is 14.5. The van der Waals surface area contributed by atoms with Crippen LogP contribution in [-0.2, 0) is 6.54 Å². The van der Waals surface area contributed by atoms with E-state index in [1.54, 1.807) is 6.07 Å². The van der Waals surface area contributed by atoms with E-state index in [0.717, 1.165) is 23.4 Å². The minimum Gasteiger partial charge on any atom is -0.469 e. The zero-order valence-electron chi connectivity index (χ0n) is 11.9. The molecular weight excluding hydrogens is 252 g/mol. The van der Waals surface area contributed by atoms with E-state index < -0.39 is 0 Å². The lowest BCUT2D eigenvalue weighted by Gasteiger charge is -2.21. The van der Waals surface area contributed by atoms with Crippen molar-refractivity contribution in [3.05, 3.63) is 53.5 Å². The molecule has 1 aromatic heterocycles. The monoisotopic (exact) mass is 272 g/mol. The molecule has 1 amide bonds. The normalized spacial score (nSPS) is 10.5. The first-order valence-electron chi connectivity index (χ1n) is 6.79.